The summed E-state index contributed by atoms with van der Waals surface area (Å²) < 4.78 is 25.2. The minimum absolute atomic E-state index is 0.0809. The lowest BCUT2D eigenvalue weighted by atomic mass is 9.92. The van der Waals surface area contributed by atoms with Crippen molar-refractivity contribution in [2.75, 3.05) is 32.8 Å². The van der Waals surface area contributed by atoms with E-state index in [1.165, 1.54) is 21.9 Å². The monoisotopic (exact) mass is 513 g/mol. The van der Waals surface area contributed by atoms with Crippen LogP contribution < -0.4 is 0 Å². The van der Waals surface area contributed by atoms with Gasteiger partial charge in [-0.05, 0) is 32.0 Å². The van der Waals surface area contributed by atoms with Crippen molar-refractivity contribution >= 4 is 35.0 Å². The van der Waals surface area contributed by atoms with Gasteiger partial charge in [-0.1, -0.05) is 0 Å². The van der Waals surface area contributed by atoms with Crippen LogP contribution in [0.5, 0.6) is 11.5 Å². The minimum atomic E-state index is -2.76. The summed E-state index contributed by atoms with van der Waals surface area (Å²) in [7, 11) is 0. The first-order valence-corrected chi connectivity index (χ1v) is 11.9. The van der Waals surface area contributed by atoms with E-state index in [-0.39, 0.29) is 43.9 Å². The number of hydrogen-bond donors (Lipinski definition) is 4. The number of amides is 3. The van der Waals surface area contributed by atoms with Crippen molar-refractivity contribution in [3.05, 3.63) is 23.8 Å². The van der Waals surface area contributed by atoms with Crippen LogP contribution in [0.1, 0.15) is 30.6 Å². The SMILES string of the molecule is C[C@@H]1CC(=O)N1[C@@H](C(=O)O)[C@](C)(COC(=O)N1CCN(C(=O)c2ccc(O)c(O)c2)CC1)S(=O)O. The van der Waals surface area contributed by atoms with Crippen molar-refractivity contribution in [1.82, 2.24) is 14.7 Å². The van der Waals surface area contributed by atoms with Gasteiger partial charge in [0.2, 0.25) is 5.91 Å². The molecule has 35 heavy (non-hydrogen) atoms. The largest absolute Gasteiger partial charge is 0.504 e. The molecule has 1 aromatic rings. The molecule has 2 aliphatic rings. The van der Waals surface area contributed by atoms with E-state index in [1.807, 2.05) is 0 Å². The number of hydrogen-bond acceptors (Lipinski definition) is 8. The van der Waals surface area contributed by atoms with Gasteiger partial charge in [-0.3, -0.25) is 9.59 Å². The first-order chi connectivity index (χ1) is 16.4. The molecule has 2 saturated heterocycles. The number of carbonyl (C=O) groups excluding carboxylic acids is 3. The van der Waals surface area contributed by atoms with Crippen LogP contribution in [0.2, 0.25) is 0 Å². The number of piperazine rings is 1. The van der Waals surface area contributed by atoms with Gasteiger partial charge in [0.05, 0.1) is 0 Å². The standard InChI is InChI=1S/C21H27N3O10S/c1-12-9-16(27)24(12)17(19(29)30)21(2,35(32)33)11-34-20(31)23-7-5-22(6-8-23)18(28)13-3-4-14(25)15(26)10-13/h3-4,10,12,17,25-26H,5-9,11H2,1-2H3,(H,29,30)(H,32,33)/t12-,17+,21+/m1/s1. The third-order valence-corrected chi connectivity index (χ3v) is 7.39. The van der Waals surface area contributed by atoms with Crippen molar-refractivity contribution < 1.29 is 48.0 Å². The molecular weight excluding hydrogens is 486 g/mol. The molecule has 4 N–H and O–H groups in total. The van der Waals surface area contributed by atoms with E-state index in [2.05, 4.69) is 0 Å². The molecule has 192 valence electrons. The lowest BCUT2D eigenvalue weighted by Gasteiger charge is -2.47. The van der Waals surface area contributed by atoms with Crippen molar-refractivity contribution in [1.29, 1.82) is 0 Å². The van der Waals surface area contributed by atoms with Crippen LogP contribution in [0.25, 0.3) is 0 Å². The van der Waals surface area contributed by atoms with E-state index in [0.29, 0.717) is 0 Å². The molecule has 1 aromatic carbocycles. The maximum Gasteiger partial charge on any atom is 0.409 e. The first-order valence-electron chi connectivity index (χ1n) is 10.7. The van der Waals surface area contributed by atoms with Crippen LogP contribution in [0, 0.1) is 0 Å². The number of rotatable bonds is 7. The fourth-order valence-corrected chi connectivity index (χ4v) is 4.68. The Morgan fingerprint density at radius 3 is 2.23 bits per heavy atom. The average Bonchev–Trinajstić information content (AvgIpc) is 2.81. The van der Waals surface area contributed by atoms with E-state index in [0.717, 1.165) is 17.9 Å². The number of aliphatic carboxylic acids is 1. The van der Waals surface area contributed by atoms with Crippen molar-refractivity contribution in [3.8, 4) is 11.5 Å². The van der Waals surface area contributed by atoms with Gasteiger partial charge in [-0.15, -0.1) is 0 Å². The summed E-state index contributed by atoms with van der Waals surface area (Å²) in [4.78, 5) is 52.8. The molecule has 0 saturated carbocycles. The second kappa shape index (κ2) is 10.1. The number of likely N-dealkylation sites (tertiary alicyclic amines) is 1. The number of ether oxygens (including phenoxy) is 1. The van der Waals surface area contributed by atoms with E-state index in [9.17, 15) is 43.3 Å². The van der Waals surface area contributed by atoms with Crippen LogP contribution >= 0.6 is 0 Å². The van der Waals surface area contributed by atoms with E-state index in [1.54, 1.807) is 6.92 Å². The van der Waals surface area contributed by atoms with Gasteiger partial charge in [0.15, 0.2) is 28.6 Å². The molecule has 0 spiro atoms. The summed E-state index contributed by atoms with van der Waals surface area (Å²) in [5.41, 5.74) is 0.159. The molecule has 0 aromatic heterocycles. The number of aromatic hydroxyl groups is 2. The van der Waals surface area contributed by atoms with Crippen LogP contribution in [0.3, 0.4) is 0 Å². The molecule has 4 atom stereocenters. The molecule has 0 radical (unpaired) electrons. The Kier molecular flexibility index (Phi) is 7.55. The molecule has 14 heteroatoms. The number of nitrogens with zero attached hydrogens (tertiary/aromatic N) is 3. The number of carboxylic acid groups (broad SMARTS) is 1. The molecule has 0 aliphatic carbocycles. The molecule has 0 bridgehead atoms. The second-order valence-corrected chi connectivity index (χ2v) is 10.1. The van der Waals surface area contributed by atoms with Crippen LogP contribution in [0.4, 0.5) is 4.79 Å². The Balaban J connectivity index is 1.61. The number of phenolic OH excluding ortho intramolecular Hbond substituents is 2. The third kappa shape index (κ3) is 5.17. The number of β-lactam (4-membered cyclic amide) rings is 1. The smallest absolute Gasteiger partial charge is 0.409 e. The topological polar surface area (TPSA) is 185 Å². The molecule has 2 aliphatic heterocycles. The molecule has 3 rings (SSSR count). The van der Waals surface area contributed by atoms with Gasteiger partial charge in [0.25, 0.3) is 5.91 Å². The predicted octanol–water partition coefficient (Wildman–Crippen LogP) is 0.0466. The second-order valence-electron chi connectivity index (χ2n) is 8.69. The van der Waals surface area contributed by atoms with Crippen molar-refractivity contribution in [2.45, 2.75) is 37.1 Å². The fraction of sp³-hybridized carbons (Fsp3) is 0.524. The average molecular weight is 514 g/mol. The van der Waals surface area contributed by atoms with E-state index in [4.69, 9.17) is 4.74 Å². The predicted molar refractivity (Wildman–Crippen MR) is 120 cm³/mol. The Morgan fingerprint density at radius 1 is 1.14 bits per heavy atom. The summed E-state index contributed by atoms with van der Waals surface area (Å²) >= 11 is -2.76. The molecular formula is C21H27N3O10S. The number of phenols is 2. The highest BCUT2D eigenvalue weighted by molar-refractivity contribution is 7.80. The summed E-state index contributed by atoms with van der Waals surface area (Å²) in [5.74, 6) is -3.16. The number of carboxylic acids is 1. The van der Waals surface area contributed by atoms with Crippen LogP contribution in [0.15, 0.2) is 18.2 Å². The van der Waals surface area contributed by atoms with Gasteiger partial charge in [0, 0.05) is 44.2 Å². The maximum absolute atomic E-state index is 12.6. The van der Waals surface area contributed by atoms with Crippen molar-refractivity contribution in [2.24, 2.45) is 0 Å². The highest BCUT2D eigenvalue weighted by Crippen LogP contribution is 2.32. The highest BCUT2D eigenvalue weighted by atomic mass is 32.2. The van der Waals surface area contributed by atoms with Crippen LogP contribution in [-0.2, 0) is 25.4 Å². The summed E-state index contributed by atoms with van der Waals surface area (Å²) in [5, 5.41) is 28.7. The molecule has 2 fully saturated rings. The quantitative estimate of drug-likeness (QED) is 0.220. The zero-order chi connectivity index (χ0) is 26.1. The van der Waals surface area contributed by atoms with Crippen LogP contribution in [-0.4, -0.2) is 112 Å². The van der Waals surface area contributed by atoms with Gasteiger partial charge < -0.3 is 39.3 Å². The molecule has 1 unspecified atom stereocenters. The Labute approximate surface area is 203 Å². The van der Waals surface area contributed by atoms with Gasteiger partial charge in [0.1, 0.15) is 11.4 Å². The Morgan fingerprint density at radius 2 is 1.74 bits per heavy atom. The van der Waals surface area contributed by atoms with Gasteiger partial charge in [-0.2, -0.15) is 0 Å². The molecule has 13 nitrogen and oxygen atoms in total. The Bertz CT molecular complexity index is 1060. The minimum Gasteiger partial charge on any atom is -0.504 e. The zero-order valence-electron chi connectivity index (χ0n) is 19.1. The fourth-order valence-electron chi connectivity index (χ4n) is 4.12. The third-order valence-electron chi connectivity index (χ3n) is 6.25. The summed E-state index contributed by atoms with van der Waals surface area (Å²) in [6.45, 7) is 2.48. The highest BCUT2D eigenvalue weighted by Gasteiger charge is 2.54. The molecule has 2 heterocycles. The first kappa shape index (κ1) is 26.2. The lowest BCUT2D eigenvalue weighted by molar-refractivity contribution is -0.163. The van der Waals surface area contributed by atoms with Crippen molar-refractivity contribution in [3.63, 3.8) is 0 Å². The Hall–Kier alpha value is -3.39. The number of carbonyl (C=O) groups is 4. The van der Waals surface area contributed by atoms with Gasteiger partial charge in [-0.25, -0.2) is 13.8 Å². The lowest BCUT2D eigenvalue weighted by Crippen LogP contribution is -2.68. The zero-order valence-corrected chi connectivity index (χ0v) is 19.9. The van der Waals surface area contributed by atoms with Gasteiger partial charge >= 0.3 is 12.1 Å². The number of benzene rings is 1. The van der Waals surface area contributed by atoms with E-state index < -0.39 is 64.1 Å². The molecule has 3 amide bonds. The summed E-state index contributed by atoms with van der Waals surface area (Å²) in [6.07, 6.45) is -0.743. The normalized spacial score (nSPS) is 21.5. The van der Waals surface area contributed by atoms with E-state index >= 15 is 0 Å². The summed E-state index contributed by atoms with van der Waals surface area (Å²) in [6, 6.07) is 1.57. The maximum atomic E-state index is 12.6.